The van der Waals surface area contributed by atoms with E-state index in [9.17, 15) is 4.79 Å². The number of benzene rings is 1. The lowest BCUT2D eigenvalue weighted by Gasteiger charge is -2.30. The van der Waals surface area contributed by atoms with E-state index in [-0.39, 0.29) is 12.1 Å². The molecule has 1 aliphatic heterocycles. The van der Waals surface area contributed by atoms with Gasteiger partial charge in [0.2, 0.25) is 0 Å². The number of rotatable bonds is 5. The van der Waals surface area contributed by atoms with Crippen LogP contribution in [0, 0.1) is 0 Å². The fourth-order valence-corrected chi connectivity index (χ4v) is 3.09. The largest absolute Gasteiger partial charge is 0.493 e. The normalized spacial score (nSPS) is 14.6. The number of carbonyl (C=O) groups excluding carboxylic acids is 1. The molecule has 25 heavy (non-hydrogen) atoms. The van der Waals surface area contributed by atoms with Gasteiger partial charge >= 0.3 is 6.03 Å². The molecule has 2 aromatic rings. The molecule has 1 aromatic carbocycles. The second kappa shape index (κ2) is 7.46. The van der Waals surface area contributed by atoms with Gasteiger partial charge in [-0.05, 0) is 42.7 Å². The topological polar surface area (TPSA) is 68.6 Å². The Hall–Kier alpha value is -2.70. The molecule has 0 unspecified atom stereocenters. The van der Waals surface area contributed by atoms with Gasteiger partial charge in [0.05, 0.1) is 20.8 Å². The third kappa shape index (κ3) is 3.87. The molecule has 1 atom stereocenters. The number of nitrogens with zero attached hydrogens (tertiary/aromatic N) is 3. The zero-order valence-electron chi connectivity index (χ0n) is 14.9. The molecule has 2 amide bonds. The van der Waals surface area contributed by atoms with Crippen LogP contribution in [0.4, 0.5) is 4.79 Å². The van der Waals surface area contributed by atoms with E-state index >= 15 is 0 Å². The highest BCUT2D eigenvalue weighted by Gasteiger charge is 2.23. The molecule has 0 radical (unpaired) electrons. The lowest BCUT2D eigenvalue weighted by Crippen LogP contribution is -2.47. The van der Waals surface area contributed by atoms with Crippen molar-refractivity contribution in [2.24, 2.45) is 0 Å². The van der Waals surface area contributed by atoms with Crippen molar-refractivity contribution in [1.29, 1.82) is 0 Å². The van der Waals surface area contributed by atoms with Crippen LogP contribution in [0.25, 0.3) is 0 Å². The van der Waals surface area contributed by atoms with Gasteiger partial charge < -0.3 is 19.7 Å². The maximum absolute atomic E-state index is 12.6. The first-order chi connectivity index (χ1) is 12.1. The SMILES string of the molecule is COc1cc2c(cc1OC)CN(C(=O)N[C@H](C)Cn1cccn1)CC2. The van der Waals surface area contributed by atoms with Crippen molar-refractivity contribution in [3.8, 4) is 11.5 Å². The molecule has 0 saturated carbocycles. The van der Waals surface area contributed by atoms with E-state index in [1.54, 1.807) is 20.4 Å². The van der Waals surface area contributed by atoms with Gasteiger partial charge in [-0.15, -0.1) is 0 Å². The molecule has 134 valence electrons. The first kappa shape index (κ1) is 17.1. The number of carbonyl (C=O) groups is 1. The average Bonchev–Trinajstić information content (AvgIpc) is 3.12. The number of urea groups is 1. The molecule has 1 N–H and O–H groups in total. The fraction of sp³-hybridized carbons (Fsp3) is 0.444. The molecule has 1 aromatic heterocycles. The first-order valence-electron chi connectivity index (χ1n) is 8.37. The van der Waals surface area contributed by atoms with Gasteiger partial charge in [-0.3, -0.25) is 4.68 Å². The van der Waals surface area contributed by atoms with E-state index in [0.717, 1.165) is 17.7 Å². The maximum atomic E-state index is 12.6. The summed E-state index contributed by atoms with van der Waals surface area (Å²) in [6.45, 7) is 3.87. The second-order valence-electron chi connectivity index (χ2n) is 6.23. The Morgan fingerprint density at radius 3 is 2.64 bits per heavy atom. The Labute approximate surface area is 147 Å². The van der Waals surface area contributed by atoms with Crippen LogP contribution < -0.4 is 14.8 Å². The van der Waals surface area contributed by atoms with Gasteiger partial charge in [-0.1, -0.05) is 0 Å². The minimum Gasteiger partial charge on any atom is -0.493 e. The first-order valence-corrected chi connectivity index (χ1v) is 8.37. The molecule has 0 aliphatic carbocycles. The summed E-state index contributed by atoms with van der Waals surface area (Å²) in [4.78, 5) is 14.4. The number of fused-ring (bicyclic) bond motifs is 1. The molecule has 7 nitrogen and oxygen atoms in total. The summed E-state index contributed by atoms with van der Waals surface area (Å²) >= 11 is 0. The van der Waals surface area contributed by atoms with Crippen LogP contribution in [0.1, 0.15) is 18.1 Å². The number of hydrogen-bond donors (Lipinski definition) is 1. The Bertz CT molecular complexity index is 730. The minimum atomic E-state index is -0.0555. The highest BCUT2D eigenvalue weighted by Crippen LogP contribution is 2.33. The third-order valence-electron chi connectivity index (χ3n) is 4.40. The number of aromatic nitrogens is 2. The number of methoxy groups -OCH3 is 2. The lowest BCUT2D eigenvalue weighted by atomic mass is 9.99. The van der Waals surface area contributed by atoms with Crippen LogP contribution in [0.5, 0.6) is 11.5 Å². The summed E-state index contributed by atoms with van der Waals surface area (Å²) < 4.78 is 12.5. The monoisotopic (exact) mass is 344 g/mol. The molecule has 0 spiro atoms. The predicted molar refractivity (Wildman–Crippen MR) is 93.9 cm³/mol. The van der Waals surface area contributed by atoms with E-state index in [4.69, 9.17) is 9.47 Å². The summed E-state index contributed by atoms with van der Waals surface area (Å²) in [6.07, 6.45) is 4.42. The zero-order chi connectivity index (χ0) is 17.8. The highest BCUT2D eigenvalue weighted by molar-refractivity contribution is 5.75. The van der Waals surface area contributed by atoms with Gasteiger partial charge in [-0.25, -0.2) is 4.79 Å². The van der Waals surface area contributed by atoms with Crippen molar-refractivity contribution >= 4 is 6.03 Å². The Kier molecular flexibility index (Phi) is 5.11. The number of hydrogen-bond acceptors (Lipinski definition) is 4. The van der Waals surface area contributed by atoms with Gasteiger partial charge in [0.25, 0.3) is 0 Å². The standard InChI is InChI=1S/C18H24N4O3/c1-13(11-22-7-4-6-19-22)20-18(23)21-8-5-14-9-16(24-2)17(25-3)10-15(14)12-21/h4,6-7,9-10,13H,5,8,11-12H2,1-3H3,(H,20,23)/t13-/m1/s1. The van der Waals surface area contributed by atoms with Crippen molar-refractivity contribution in [2.75, 3.05) is 20.8 Å². The quantitative estimate of drug-likeness (QED) is 0.901. The van der Waals surface area contributed by atoms with Crippen molar-refractivity contribution in [1.82, 2.24) is 20.0 Å². The molecule has 0 fully saturated rings. The molecule has 0 saturated heterocycles. The van der Waals surface area contributed by atoms with Gasteiger partial charge in [0, 0.05) is 31.5 Å². The number of ether oxygens (including phenoxy) is 2. The van der Waals surface area contributed by atoms with Crippen LogP contribution in [-0.2, 0) is 19.5 Å². The molecule has 3 rings (SSSR count). The molecule has 2 heterocycles. The maximum Gasteiger partial charge on any atom is 0.317 e. The fourth-order valence-electron chi connectivity index (χ4n) is 3.09. The zero-order valence-corrected chi connectivity index (χ0v) is 14.9. The van der Waals surface area contributed by atoms with Crippen molar-refractivity contribution < 1.29 is 14.3 Å². The van der Waals surface area contributed by atoms with Crippen molar-refractivity contribution in [2.45, 2.75) is 32.5 Å². The van der Waals surface area contributed by atoms with Crippen LogP contribution in [-0.4, -0.2) is 47.5 Å². The summed E-state index contributed by atoms with van der Waals surface area (Å²) in [7, 11) is 3.25. The summed E-state index contributed by atoms with van der Waals surface area (Å²) in [5, 5.41) is 7.21. The van der Waals surface area contributed by atoms with Crippen LogP contribution in [0.2, 0.25) is 0 Å². The van der Waals surface area contributed by atoms with Crippen molar-refractivity contribution in [3.05, 3.63) is 41.7 Å². The van der Waals surface area contributed by atoms with E-state index in [0.29, 0.717) is 25.4 Å². The van der Waals surface area contributed by atoms with E-state index in [2.05, 4.69) is 10.4 Å². The number of amides is 2. The smallest absolute Gasteiger partial charge is 0.317 e. The van der Waals surface area contributed by atoms with E-state index in [1.807, 2.05) is 40.9 Å². The van der Waals surface area contributed by atoms with E-state index in [1.165, 1.54) is 5.56 Å². The predicted octanol–water partition coefficient (Wildman–Crippen LogP) is 2.06. The van der Waals surface area contributed by atoms with Gasteiger partial charge in [-0.2, -0.15) is 5.10 Å². The van der Waals surface area contributed by atoms with Gasteiger partial charge in [0.1, 0.15) is 0 Å². The van der Waals surface area contributed by atoms with Crippen LogP contribution in [0.15, 0.2) is 30.6 Å². The third-order valence-corrected chi connectivity index (χ3v) is 4.40. The van der Waals surface area contributed by atoms with Crippen LogP contribution in [0.3, 0.4) is 0 Å². The Morgan fingerprint density at radius 1 is 1.28 bits per heavy atom. The Morgan fingerprint density at radius 2 is 2.00 bits per heavy atom. The molecule has 0 bridgehead atoms. The minimum absolute atomic E-state index is 0.000740. The van der Waals surface area contributed by atoms with Crippen LogP contribution >= 0.6 is 0 Å². The molecular weight excluding hydrogens is 320 g/mol. The summed E-state index contributed by atoms with van der Waals surface area (Å²) in [5.74, 6) is 1.42. The molecule has 1 aliphatic rings. The number of nitrogens with one attached hydrogen (secondary N) is 1. The van der Waals surface area contributed by atoms with Gasteiger partial charge in [0.15, 0.2) is 11.5 Å². The second-order valence-corrected chi connectivity index (χ2v) is 6.23. The average molecular weight is 344 g/mol. The highest BCUT2D eigenvalue weighted by atomic mass is 16.5. The van der Waals surface area contributed by atoms with Crippen molar-refractivity contribution in [3.63, 3.8) is 0 Å². The summed E-state index contributed by atoms with van der Waals surface area (Å²) in [5.41, 5.74) is 2.30. The molecule has 7 heteroatoms. The molecular formula is C18H24N4O3. The summed E-state index contributed by atoms with van der Waals surface area (Å²) in [6, 6.07) is 5.78. The Balaban J connectivity index is 1.64. The van der Waals surface area contributed by atoms with E-state index < -0.39 is 0 Å². The lowest BCUT2D eigenvalue weighted by molar-refractivity contribution is 0.187.